The van der Waals surface area contributed by atoms with Crippen molar-refractivity contribution < 1.29 is 4.43 Å². The molecular weight excluding hydrogens is 198 g/mol. The van der Waals surface area contributed by atoms with Crippen LogP contribution in [0.15, 0.2) is 0 Å². The van der Waals surface area contributed by atoms with Crippen molar-refractivity contribution in [2.45, 2.75) is 10.7 Å². The van der Waals surface area contributed by atoms with Gasteiger partial charge in [-0.25, -0.2) is 0 Å². The lowest BCUT2D eigenvalue weighted by Crippen LogP contribution is -2.08. The van der Waals surface area contributed by atoms with Gasteiger partial charge in [-0.2, -0.15) is 0 Å². The first-order chi connectivity index (χ1) is 4.06. The standard InChI is InChI=1S/C4H7Cl3OSi/c1-2-8-9-3-4(5,6)7/h3,9H,2H2,1H3. The summed E-state index contributed by atoms with van der Waals surface area (Å²) >= 11 is 16.2. The van der Waals surface area contributed by atoms with Crippen molar-refractivity contribution in [1.82, 2.24) is 0 Å². The molecule has 0 aliphatic carbocycles. The Morgan fingerprint density at radius 1 is 1.56 bits per heavy atom. The summed E-state index contributed by atoms with van der Waals surface area (Å²) in [5.74, 6) is 0. The lowest BCUT2D eigenvalue weighted by molar-refractivity contribution is 0.372. The number of alkyl halides is 3. The van der Waals surface area contributed by atoms with Gasteiger partial charge in [-0.05, 0) is 12.6 Å². The van der Waals surface area contributed by atoms with Gasteiger partial charge in [-0.3, -0.25) is 0 Å². The Morgan fingerprint density at radius 3 is 2.44 bits per heavy atom. The highest BCUT2D eigenvalue weighted by molar-refractivity contribution is 6.79. The molecule has 0 aliphatic heterocycles. The lowest BCUT2D eigenvalue weighted by atomic mass is 10.9. The molecule has 0 aromatic carbocycles. The molecule has 54 valence electrons. The molecule has 0 aromatic rings. The summed E-state index contributed by atoms with van der Waals surface area (Å²) < 4.78 is 3.74. The van der Waals surface area contributed by atoms with E-state index in [2.05, 4.69) is 0 Å². The van der Waals surface area contributed by atoms with E-state index in [1.165, 1.54) is 0 Å². The van der Waals surface area contributed by atoms with Gasteiger partial charge < -0.3 is 4.43 Å². The Hall–Kier alpha value is 0.757. The van der Waals surface area contributed by atoms with Crippen molar-refractivity contribution in [2.24, 2.45) is 0 Å². The van der Waals surface area contributed by atoms with E-state index < -0.39 is 3.79 Å². The molecule has 0 saturated heterocycles. The minimum Gasteiger partial charge on any atom is -0.553 e. The third-order valence-electron chi connectivity index (χ3n) is 0.520. The van der Waals surface area contributed by atoms with Gasteiger partial charge in [-0.15, -0.1) is 0 Å². The van der Waals surface area contributed by atoms with Gasteiger partial charge in [0.2, 0.25) is 13.2 Å². The van der Waals surface area contributed by atoms with Crippen LogP contribution in [0.4, 0.5) is 0 Å². The van der Waals surface area contributed by atoms with Crippen molar-refractivity contribution in [2.75, 3.05) is 6.61 Å². The molecule has 5 heteroatoms. The highest BCUT2D eigenvalue weighted by Gasteiger charge is 2.13. The fourth-order valence-electron chi connectivity index (χ4n) is 0.221. The van der Waals surface area contributed by atoms with Gasteiger partial charge in [0.1, 0.15) is 0 Å². The van der Waals surface area contributed by atoms with Gasteiger partial charge in [0, 0.05) is 0 Å². The van der Waals surface area contributed by atoms with Crippen LogP contribution in [0.1, 0.15) is 6.92 Å². The van der Waals surface area contributed by atoms with Crippen molar-refractivity contribution >= 4 is 49.8 Å². The minimum absolute atomic E-state index is 0.275. The predicted octanol–water partition coefficient (Wildman–Crippen LogP) is 1.55. The molecule has 9 heavy (non-hydrogen) atoms. The quantitative estimate of drug-likeness (QED) is 0.491. The van der Waals surface area contributed by atoms with Gasteiger partial charge in [0.15, 0.2) is 0 Å². The van der Waals surface area contributed by atoms with Crippen LogP contribution in [0, 0.1) is 0 Å². The van der Waals surface area contributed by atoms with Crippen LogP contribution < -0.4 is 0 Å². The number of hydrogen-bond donors (Lipinski definition) is 0. The average molecular weight is 206 g/mol. The number of hydrogen-bond acceptors (Lipinski definition) is 1. The Morgan fingerprint density at radius 2 is 2.11 bits per heavy atom. The highest BCUT2D eigenvalue weighted by atomic mass is 35.6. The van der Waals surface area contributed by atoms with E-state index in [1.54, 1.807) is 5.67 Å². The Balaban J connectivity index is 3.45. The molecule has 0 saturated carbocycles. The van der Waals surface area contributed by atoms with E-state index in [9.17, 15) is 0 Å². The zero-order valence-electron chi connectivity index (χ0n) is 4.90. The van der Waals surface area contributed by atoms with E-state index in [1.807, 2.05) is 6.92 Å². The Bertz CT molecular complexity index is 98.5. The summed E-state index contributed by atoms with van der Waals surface area (Å²) in [6.45, 7) is 2.58. The maximum absolute atomic E-state index is 5.39. The first kappa shape index (κ1) is 9.76. The van der Waals surface area contributed by atoms with Crippen LogP contribution in [-0.4, -0.2) is 25.4 Å². The number of rotatable bonds is 2. The first-order valence-electron chi connectivity index (χ1n) is 2.42. The Labute approximate surface area is 71.8 Å². The second-order valence-corrected chi connectivity index (χ2v) is 4.61. The average Bonchev–Trinajstić information content (AvgIpc) is 1.63. The van der Waals surface area contributed by atoms with Crippen molar-refractivity contribution in [1.29, 1.82) is 0 Å². The van der Waals surface area contributed by atoms with E-state index in [0.29, 0.717) is 6.61 Å². The second-order valence-electron chi connectivity index (χ2n) is 1.30. The summed E-state index contributed by atoms with van der Waals surface area (Å²) in [5, 5.41) is 0. The summed E-state index contributed by atoms with van der Waals surface area (Å²) in [7, 11) is -0.275. The SMILES string of the molecule is CCO[SiH]=CC(Cl)(Cl)Cl. The molecule has 0 aliphatic rings. The lowest BCUT2D eigenvalue weighted by Gasteiger charge is -2.01. The summed E-state index contributed by atoms with van der Waals surface area (Å²) in [4.78, 5) is 0. The first-order valence-corrected chi connectivity index (χ1v) is 4.69. The predicted molar refractivity (Wildman–Crippen MR) is 45.1 cm³/mol. The van der Waals surface area contributed by atoms with Crippen LogP contribution in [0.25, 0.3) is 0 Å². The van der Waals surface area contributed by atoms with Crippen molar-refractivity contribution in [3.8, 4) is 0 Å². The van der Waals surface area contributed by atoms with E-state index in [-0.39, 0.29) is 9.38 Å². The molecule has 0 spiro atoms. The minimum atomic E-state index is -1.25. The van der Waals surface area contributed by atoms with Gasteiger partial charge >= 0.3 is 0 Å². The monoisotopic (exact) mass is 204 g/mol. The summed E-state index contributed by atoms with van der Waals surface area (Å²) in [5.41, 5.74) is 1.56. The van der Waals surface area contributed by atoms with Crippen molar-refractivity contribution in [3.63, 3.8) is 0 Å². The molecule has 0 unspecified atom stereocenters. The fourth-order valence-corrected chi connectivity index (χ4v) is 1.13. The molecule has 0 fully saturated rings. The summed E-state index contributed by atoms with van der Waals surface area (Å²) in [6, 6.07) is 0. The van der Waals surface area contributed by atoms with Gasteiger partial charge in [0.05, 0.1) is 6.61 Å². The zero-order chi connectivity index (χ0) is 7.33. The molecule has 0 rings (SSSR count). The molecule has 0 bridgehead atoms. The third kappa shape index (κ3) is 8.76. The normalized spacial score (nSPS) is 12.4. The second kappa shape index (κ2) is 4.55. The zero-order valence-corrected chi connectivity index (χ0v) is 8.33. The maximum Gasteiger partial charge on any atom is 0.215 e. The van der Waals surface area contributed by atoms with Gasteiger partial charge in [-0.1, -0.05) is 34.8 Å². The highest BCUT2D eigenvalue weighted by Crippen LogP contribution is 2.21. The number of halogens is 3. The van der Waals surface area contributed by atoms with E-state index in [4.69, 9.17) is 39.2 Å². The van der Waals surface area contributed by atoms with Crippen LogP contribution in [-0.2, 0) is 4.43 Å². The van der Waals surface area contributed by atoms with E-state index >= 15 is 0 Å². The van der Waals surface area contributed by atoms with E-state index in [0.717, 1.165) is 0 Å². The maximum atomic E-state index is 5.39. The molecule has 0 radical (unpaired) electrons. The van der Waals surface area contributed by atoms with Gasteiger partial charge in [0.25, 0.3) is 0 Å². The van der Waals surface area contributed by atoms with Crippen LogP contribution in [0.3, 0.4) is 0 Å². The molecular formula is C4H7Cl3OSi. The van der Waals surface area contributed by atoms with Crippen LogP contribution >= 0.6 is 34.8 Å². The van der Waals surface area contributed by atoms with Crippen molar-refractivity contribution in [3.05, 3.63) is 0 Å². The molecule has 0 amide bonds. The van der Waals surface area contributed by atoms with Crippen LogP contribution in [0.5, 0.6) is 0 Å². The Kier molecular flexibility index (Phi) is 4.94. The molecule has 0 heterocycles. The fraction of sp³-hybridized carbons (Fsp3) is 0.750. The largest absolute Gasteiger partial charge is 0.553 e. The van der Waals surface area contributed by atoms with Crippen LogP contribution in [0.2, 0.25) is 0 Å². The molecule has 0 atom stereocenters. The third-order valence-corrected chi connectivity index (χ3v) is 2.69. The smallest absolute Gasteiger partial charge is 0.215 e. The molecule has 1 nitrogen and oxygen atoms in total. The topological polar surface area (TPSA) is 9.23 Å². The molecule has 0 N–H and O–H groups in total. The summed E-state index contributed by atoms with van der Waals surface area (Å²) in [6.07, 6.45) is 0. The molecule has 0 aromatic heterocycles.